The molecule has 1 fully saturated rings. The van der Waals surface area contributed by atoms with E-state index in [1.807, 2.05) is 18.0 Å². The minimum Gasteiger partial charge on any atom is -0.481 e. The number of nitriles is 1. The van der Waals surface area contributed by atoms with E-state index in [4.69, 9.17) is 10.4 Å². The third-order valence-electron chi connectivity index (χ3n) is 3.57. The highest BCUT2D eigenvalue weighted by Crippen LogP contribution is 2.04. The maximum absolute atomic E-state index is 11.9. The molecular weight excluding hydrogens is 284 g/mol. The van der Waals surface area contributed by atoms with Crippen LogP contribution in [0.2, 0.25) is 0 Å². The van der Waals surface area contributed by atoms with Crippen molar-refractivity contribution in [1.82, 2.24) is 15.1 Å². The van der Waals surface area contributed by atoms with Crippen molar-refractivity contribution >= 4 is 11.9 Å². The molecular formula is C15H24N4O3. The Morgan fingerprint density at radius 1 is 1.23 bits per heavy atom. The van der Waals surface area contributed by atoms with Gasteiger partial charge in [-0.05, 0) is 19.9 Å². The number of hydrogen-bond acceptors (Lipinski definition) is 5. The molecule has 0 aliphatic carbocycles. The van der Waals surface area contributed by atoms with Gasteiger partial charge in [-0.25, -0.2) is 0 Å². The molecule has 1 saturated heterocycles. The lowest BCUT2D eigenvalue weighted by Crippen LogP contribution is -2.42. The molecule has 2 N–H and O–H groups in total. The van der Waals surface area contributed by atoms with Gasteiger partial charge in [0.2, 0.25) is 0 Å². The van der Waals surface area contributed by atoms with Gasteiger partial charge in [0.25, 0.3) is 5.91 Å². The monoisotopic (exact) mass is 308 g/mol. The number of carboxylic acid groups (broad SMARTS) is 1. The average Bonchev–Trinajstić information content (AvgIpc) is 2.49. The highest BCUT2D eigenvalue weighted by Gasteiger charge is 2.14. The van der Waals surface area contributed by atoms with Crippen molar-refractivity contribution in [3.8, 4) is 6.07 Å². The first-order chi connectivity index (χ1) is 10.5. The molecule has 22 heavy (non-hydrogen) atoms. The first-order valence-corrected chi connectivity index (χ1v) is 7.57. The Balaban J connectivity index is 2.29. The van der Waals surface area contributed by atoms with Crippen LogP contribution in [-0.2, 0) is 9.59 Å². The van der Waals surface area contributed by atoms with Crippen molar-refractivity contribution in [1.29, 1.82) is 5.26 Å². The Morgan fingerprint density at radius 2 is 1.91 bits per heavy atom. The molecule has 0 unspecified atom stereocenters. The molecule has 0 spiro atoms. The van der Waals surface area contributed by atoms with E-state index in [-0.39, 0.29) is 17.9 Å². The number of nitrogens with zero attached hydrogens (tertiary/aromatic N) is 3. The number of carbonyl (C=O) groups is 2. The predicted molar refractivity (Wildman–Crippen MR) is 81.9 cm³/mol. The Kier molecular flexibility index (Phi) is 8.00. The normalized spacial score (nSPS) is 16.2. The third-order valence-corrected chi connectivity index (χ3v) is 3.57. The molecule has 7 heteroatoms. The summed E-state index contributed by atoms with van der Waals surface area (Å²) < 4.78 is 0. The molecule has 0 aromatic carbocycles. The Labute approximate surface area is 131 Å². The summed E-state index contributed by atoms with van der Waals surface area (Å²) in [5.74, 6) is -1.16. The van der Waals surface area contributed by atoms with Gasteiger partial charge in [-0.15, -0.1) is 0 Å². The van der Waals surface area contributed by atoms with E-state index in [1.54, 1.807) is 6.20 Å². The molecule has 1 heterocycles. The number of hydrogen-bond donors (Lipinski definition) is 2. The van der Waals surface area contributed by atoms with Gasteiger partial charge < -0.3 is 20.2 Å². The molecule has 122 valence electrons. The van der Waals surface area contributed by atoms with Gasteiger partial charge in [0.05, 0.1) is 0 Å². The van der Waals surface area contributed by atoms with Gasteiger partial charge in [-0.2, -0.15) is 5.26 Å². The zero-order chi connectivity index (χ0) is 16.4. The fraction of sp³-hybridized carbons (Fsp3) is 0.667. The van der Waals surface area contributed by atoms with Gasteiger partial charge in [0.1, 0.15) is 11.6 Å². The van der Waals surface area contributed by atoms with Gasteiger partial charge in [0.15, 0.2) is 0 Å². The summed E-state index contributed by atoms with van der Waals surface area (Å²) in [7, 11) is 2.04. The van der Waals surface area contributed by atoms with Crippen molar-refractivity contribution in [2.45, 2.75) is 25.7 Å². The lowest BCUT2D eigenvalue weighted by Gasteiger charge is -2.31. The molecule has 7 nitrogen and oxygen atoms in total. The predicted octanol–water partition coefficient (Wildman–Crippen LogP) is 0.402. The second kappa shape index (κ2) is 9.79. The highest BCUT2D eigenvalue weighted by molar-refractivity contribution is 5.97. The summed E-state index contributed by atoms with van der Waals surface area (Å²) in [6.45, 7) is 3.91. The average molecular weight is 308 g/mol. The van der Waals surface area contributed by atoms with E-state index in [1.165, 1.54) is 0 Å². The molecule has 0 saturated carbocycles. The maximum Gasteiger partial charge on any atom is 0.303 e. The summed E-state index contributed by atoms with van der Waals surface area (Å²) in [5.41, 5.74) is 0.120. The molecule has 0 aromatic rings. The number of carbonyl (C=O) groups excluding carboxylic acids is 1. The fourth-order valence-electron chi connectivity index (χ4n) is 2.15. The van der Waals surface area contributed by atoms with Gasteiger partial charge in [-0.3, -0.25) is 9.59 Å². The van der Waals surface area contributed by atoms with Crippen molar-refractivity contribution in [3.63, 3.8) is 0 Å². The van der Waals surface area contributed by atoms with Crippen LogP contribution in [0.25, 0.3) is 0 Å². The largest absolute Gasteiger partial charge is 0.481 e. The zero-order valence-electron chi connectivity index (χ0n) is 13.0. The van der Waals surface area contributed by atoms with E-state index < -0.39 is 5.97 Å². The Hall–Kier alpha value is -2.07. The lowest BCUT2D eigenvalue weighted by atomic mass is 10.2. The summed E-state index contributed by atoms with van der Waals surface area (Å²) in [6.07, 6.45) is 3.85. The number of rotatable bonds is 8. The van der Waals surface area contributed by atoms with Crippen LogP contribution < -0.4 is 5.32 Å². The summed E-state index contributed by atoms with van der Waals surface area (Å²) >= 11 is 0. The third kappa shape index (κ3) is 7.09. The number of carboxylic acids is 1. The SMILES string of the molecule is CN1CCN(/C=C(/C#N)C(=O)NCCCCCC(=O)O)CC1. The lowest BCUT2D eigenvalue weighted by molar-refractivity contribution is -0.137. The first-order valence-electron chi connectivity index (χ1n) is 7.57. The van der Waals surface area contributed by atoms with E-state index >= 15 is 0 Å². The van der Waals surface area contributed by atoms with Crippen LogP contribution in [-0.4, -0.2) is 66.6 Å². The van der Waals surface area contributed by atoms with Crippen molar-refractivity contribution in [2.75, 3.05) is 39.8 Å². The van der Waals surface area contributed by atoms with Crippen LogP contribution in [0.4, 0.5) is 0 Å². The number of amides is 1. The molecule has 0 aromatic heterocycles. The molecule has 1 aliphatic heterocycles. The Morgan fingerprint density at radius 3 is 2.50 bits per heavy atom. The second-order valence-electron chi connectivity index (χ2n) is 5.45. The van der Waals surface area contributed by atoms with E-state index in [2.05, 4.69) is 10.2 Å². The fourth-order valence-corrected chi connectivity index (χ4v) is 2.15. The zero-order valence-corrected chi connectivity index (χ0v) is 13.0. The quantitative estimate of drug-likeness (QED) is 0.383. The minimum absolute atomic E-state index is 0.120. The van der Waals surface area contributed by atoms with Crippen molar-refractivity contribution in [2.24, 2.45) is 0 Å². The van der Waals surface area contributed by atoms with Crippen molar-refractivity contribution in [3.05, 3.63) is 11.8 Å². The number of unbranched alkanes of at least 4 members (excludes halogenated alkanes) is 2. The number of nitrogens with one attached hydrogen (secondary N) is 1. The summed E-state index contributed by atoms with van der Waals surface area (Å²) in [6, 6.07) is 1.94. The maximum atomic E-state index is 11.9. The number of likely N-dealkylation sites (N-methyl/N-ethyl adjacent to an activating group) is 1. The Bertz CT molecular complexity index is 448. The van der Waals surface area contributed by atoms with Crippen molar-refractivity contribution < 1.29 is 14.7 Å². The van der Waals surface area contributed by atoms with E-state index in [0.29, 0.717) is 19.4 Å². The standard InChI is InChI=1S/C15H24N4O3/c1-18-7-9-19(10-8-18)12-13(11-16)15(22)17-6-4-2-3-5-14(20)21/h12H,2-10H2,1H3,(H,17,22)(H,20,21)/b13-12-. The van der Waals surface area contributed by atoms with Gasteiger partial charge in [-0.1, -0.05) is 6.42 Å². The molecule has 0 radical (unpaired) electrons. The van der Waals surface area contributed by atoms with E-state index in [9.17, 15) is 9.59 Å². The molecule has 0 bridgehead atoms. The first kappa shape index (κ1) is 18.0. The number of piperazine rings is 1. The van der Waals surface area contributed by atoms with Crippen LogP contribution in [0.5, 0.6) is 0 Å². The topological polar surface area (TPSA) is 96.7 Å². The van der Waals surface area contributed by atoms with E-state index in [0.717, 1.165) is 32.6 Å². The molecule has 1 rings (SSSR count). The molecule has 1 aliphatic rings. The molecule has 1 amide bonds. The van der Waals surface area contributed by atoms with Crippen LogP contribution in [0.15, 0.2) is 11.8 Å². The van der Waals surface area contributed by atoms with Crippen LogP contribution in [0.1, 0.15) is 25.7 Å². The molecule has 0 atom stereocenters. The van der Waals surface area contributed by atoms with Crippen LogP contribution in [0.3, 0.4) is 0 Å². The number of aliphatic carboxylic acids is 1. The van der Waals surface area contributed by atoms with Crippen LogP contribution in [0, 0.1) is 11.3 Å². The highest BCUT2D eigenvalue weighted by atomic mass is 16.4. The minimum atomic E-state index is -0.800. The summed E-state index contributed by atoms with van der Waals surface area (Å²) in [4.78, 5) is 26.5. The van der Waals surface area contributed by atoms with Crippen LogP contribution >= 0.6 is 0 Å². The second-order valence-corrected chi connectivity index (χ2v) is 5.45. The van der Waals surface area contributed by atoms with Gasteiger partial charge >= 0.3 is 5.97 Å². The summed E-state index contributed by atoms with van der Waals surface area (Å²) in [5, 5.41) is 20.3. The van der Waals surface area contributed by atoms with Gasteiger partial charge in [0, 0.05) is 45.3 Å². The smallest absolute Gasteiger partial charge is 0.303 e.